The first-order chi connectivity index (χ1) is 18.5. The van der Waals surface area contributed by atoms with Gasteiger partial charge in [-0.2, -0.15) is 5.26 Å². The van der Waals surface area contributed by atoms with E-state index in [0.717, 1.165) is 48.6 Å². The maximum Gasteiger partial charge on any atom is 0.200 e. The van der Waals surface area contributed by atoms with Crippen molar-refractivity contribution < 1.29 is 19.4 Å². The number of amidine groups is 1. The Balaban J connectivity index is 1.50. The van der Waals surface area contributed by atoms with Crippen molar-refractivity contribution in [1.82, 2.24) is 0 Å². The molecule has 6 heterocycles. The summed E-state index contributed by atoms with van der Waals surface area (Å²) in [6, 6.07) is 5.71. The molecule has 1 aliphatic carbocycles. The van der Waals surface area contributed by atoms with Gasteiger partial charge in [-0.25, -0.2) is 4.99 Å². The second-order valence-corrected chi connectivity index (χ2v) is 11.3. The van der Waals surface area contributed by atoms with Crippen LogP contribution in [-0.4, -0.2) is 44.0 Å². The Labute approximate surface area is 224 Å². The number of Topliss-reactive ketones (excluding diaryl/α,β-unsaturated/α-hetero) is 1. The Morgan fingerprint density at radius 2 is 1.87 bits per heavy atom. The number of aromatic hydroxyl groups is 1. The van der Waals surface area contributed by atoms with Gasteiger partial charge in [0.15, 0.2) is 23.1 Å². The normalized spacial score (nSPS) is 22.0. The molecular formula is C28H27N5O4S. The number of nitriles is 1. The zero-order valence-electron chi connectivity index (χ0n) is 21.2. The quantitative estimate of drug-likeness (QED) is 0.605. The molecule has 5 aliphatic heterocycles. The molecule has 1 fully saturated rings. The van der Waals surface area contributed by atoms with Crippen molar-refractivity contribution in [1.29, 1.82) is 5.26 Å². The smallest absolute Gasteiger partial charge is 0.200 e. The van der Waals surface area contributed by atoms with Crippen LogP contribution in [0.1, 0.15) is 60.6 Å². The summed E-state index contributed by atoms with van der Waals surface area (Å²) in [5.74, 6) is 0.982. The number of anilines is 2. The van der Waals surface area contributed by atoms with Crippen molar-refractivity contribution in [2.75, 3.05) is 37.1 Å². The predicted molar refractivity (Wildman–Crippen MR) is 144 cm³/mol. The Bertz CT molecular complexity index is 1530. The maximum atomic E-state index is 13.6. The number of carbonyl (C=O) groups excluding carboxylic acids is 1. The minimum absolute atomic E-state index is 0.0169. The highest BCUT2D eigenvalue weighted by Crippen LogP contribution is 2.58. The third-order valence-electron chi connectivity index (χ3n) is 8.47. The Kier molecular flexibility index (Phi) is 5.04. The number of ether oxygens (including phenoxy) is 2. The van der Waals surface area contributed by atoms with Crippen LogP contribution in [-0.2, 0) is 4.79 Å². The lowest BCUT2D eigenvalue weighted by Gasteiger charge is -2.41. The number of aliphatic imine (C=N–C) groups is 1. The summed E-state index contributed by atoms with van der Waals surface area (Å²) in [7, 11) is 2.91. The van der Waals surface area contributed by atoms with Gasteiger partial charge in [-0.1, -0.05) is 11.3 Å². The lowest BCUT2D eigenvalue weighted by Crippen LogP contribution is -2.40. The van der Waals surface area contributed by atoms with E-state index in [2.05, 4.69) is 11.0 Å². The maximum absolute atomic E-state index is 13.6. The topological polar surface area (TPSA) is 124 Å². The molecule has 0 radical (unpaired) electrons. The number of nitrogens with zero attached hydrogens (tertiary/aromatic N) is 4. The van der Waals surface area contributed by atoms with E-state index in [9.17, 15) is 15.2 Å². The van der Waals surface area contributed by atoms with Crippen molar-refractivity contribution in [3.63, 3.8) is 0 Å². The van der Waals surface area contributed by atoms with E-state index in [1.165, 1.54) is 24.8 Å². The van der Waals surface area contributed by atoms with E-state index in [0.29, 0.717) is 47.1 Å². The summed E-state index contributed by atoms with van der Waals surface area (Å²) in [4.78, 5) is 23.0. The summed E-state index contributed by atoms with van der Waals surface area (Å²) in [6.45, 7) is 2.08. The number of hydrogen-bond acceptors (Lipinski definition) is 10. The minimum Gasteiger partial charge on any atom is -0.502 e. The Hall–Kier alpha value is -3.97. The first-order valence-corrected chi connectivity index (χ1v) is 13.7. The zero-order valence-corrected chi connectivity index (χ0v) is 22.0. The SMILES string of the molecule is COc1cc(C2C(C#N)=C3N=C(N)c4c(sc5c4C4CCN5CC4)N3C3=C2C(=O)CCC3)cc(OC)c1O. The number of carbonyl (C=O) groups is 1. The molecule has 8 rings (SSSR count). The number of ketones is 1. The van der Waals surface area contributed by atoms with Gasteiger partial charge in [0.1, 0.15) is 10.8 Å². The molecule has 1 atom stereocenters. The van der Waals surface area contributed by atoms with E-state index in [1.807, 2.05) is 4.90 Å². The van der Waals surface area contributed by atoms with Crippen LogP contribution in [0.3, 0.4) is 0 Å². The number of thiophene rings is 1. The van der Waals surface area contributed by atoms with Crippen LogP contribution in [0.15, 0.2) is 39.8 Å². The summed E-state index contributed by atoms with van der Waals surface area (Å²) in [6.07, 6.45) is 4.05. The van der Waals surface area contributed by atoms with Crippen molar-refractivity contribution in [2.45, 2.75) is 43.9 Å². The lowest BCUT2D eigenvalue weighted by atomic mass is 9.75. The highest BCUT2D eigenvalue weighted by Gasteiger charge is 2.47. The van der Waals surface area contributed by atoms with Crippen LogP contribution < -0.4 is 25.0 Å². The highest BCUT2D eigenvalue weighted by molar-refractivity contribution is 7.21. The molecule has 2 bridgehead atoms. The van der Waals surface area contributed by atoms with Crippen molar-refractivity contribution >= 4 is 33.0 Å². The average Bonchev–Trinajstić information content (AvgIpc) is 3.37. The van der Waals surface area contributed by atoms with Gasteiger partial charge in [0.2, 0.25) is 5.75 Å². The number of allylic oxidation sites excluding steroid dienone is 3. The first kappa shape index (κ1) is 23.2. The highest BCUT2D eigenvalue weighted by atomic mass is 32.1. The molecular weight excluding hydrogens is 502 g/mol. The molecule has 3 N–H and O–H groups in total. The molecule has 6 aliphatic rings. The second-order valence-electron chi connectivity index (χ2n) is 10.3. The van der Waals surface area contributed by atoms with Crippen LogP contribution >= 0.6 is 11.3 Å². The summed E-state index contributed by atoms with van der Waals surface area (Å²) in [5.41, 5.74) is 11.4. The fourth-order valence-corrected chi connectivity index (χ4v) is 8.24. The molecule has 1 aromatic carbocycles. The molecule has 194 valence electrons. The number of rotatable bonds is 3. The number of benzene rings is 1. The molecule has 38 heavy (non-hydrogen) atoms. The van der Waals surface area contributed by atoms with E-state index in [-0.39, 0.29) is 23.0 Å². The van der Waals surface area contributed by atoms with Crippen LogP contribution in [0.25, 0.3) is 0 Å². The molecule has 0 spiro atoms. The number of fused-ring (bicyclic) bond motifs is 6. The molecule has 0 saturated carbocycles. The van der Waals surface area contributed by atoms with Gasteiger partial charge in [0.05, 0.1) is 42.3 Å². The molecule has 0 amide bonds. The van der Waals surface area contributed by atoms with Crippen molar-refractivity contribution in [3.05, 3.63) is 51.5 Å². The molecule has 9 nitrogen and oxygen atoms in total. The summed E-state index contributed by atoms with van der Waals surface area (Å²) < 4.78 is 10.8. The van der Waals surface area contributed by atoms with Gasteiger partial charge in [0, 0.05) is 36.3 Å². The third kappa shape index (κ3) is 2.96. The fraction of sp³-hybridized carbons (Fsp3) is 0.393. The van der Waals surface area contributed by atoms with Gasteiger partial charge in [-0.15, -0.1) is 0 Å². The van der Waals surface area contributed by atoms with E-state index in [4.69, 9.17) is 20.2 Å². The Morgan fingerprint density at radius 3 is 2.53 bits per heavy atom. The molecule has 1 aromatic heterocycles. The number of hydrogen-bond donors (Lipinski definition) is 2. The number of nitrogens with two attached hydrogens (primary N) is 1. The lowest BCUT2D eigenvalue weighted by molar-refractivity contribution is -0.116. The van der Waals surface area contributed by atoms with Crippen LogP contribution in [0, 0.1) is 11.3 Å². The van der Waals surface area contributed by atoms with Crippen molar-refractivity contribution in [3.8, 4) is 23.3 Å². The van der Waals surface area contributed by atoms with Gasteiger partial charge in [0.25, 0.3) is 0 Å². The summed E-state index contributed by atoms with van der Waals surface area (Å²) in [5, 5.41) is 23.3. The molecule has 10 heteroatoms. The van der Waals surface area contributed by atoms with Crippen LogP contribution in [0.4, 0.5) is 10.0 Å². The van der Waals surface area contributed by atoms with Crippen molar-refractivity contribution in [2.24, 2.45) is 10.7 Å². The minimum atomic E-state index is -0.676. The van der Waals surface area contributed by atoms with Gasteiger partial charge >= 0.3 is 0 Å². The number of phenols is 1. The molecule has 2 aromatic rings. The largest absolute Gasteiger partial charge is 0.502 e. The van der Waals surface area contributed by atoms with Crippen LogP contribution in [0.5, 0.6) is 17.2 Å². The van der Waals surface area contributed by atoms with Gasteiger partial charge in [-0.05, 0) is 49.3 Å². The zero-order chi connectivity index (χ0) is 26.3. The molecule has 1 unspecified atom stereocenters. The number of piperidine rings is 1. The Morgan fingerprint density at radius 1 is 1.16 bits per heavy atom. The van der Waals surface area contributed by atoms with Gasteiger partial charge in [-0.3, -0.25) is 9.69 Å². The number of phenolic OH excluding ortho intramolecular Hbond substituents is 1. The van der Waals surface area contributed by atoms with E-state index >= 15 is 0 Å². The van der Waals surface area contributed by atoms with Gasteiger partial charge < -0.3 is 25.2 Å². The first-order valence-electron chi connectivity index (χ1n) is 12.9. The standard InChI is InChI=1S/C28H27N5O4S/c1-36-18-10-14(11-19(37-2)24(18)35)20-15(12-29)26-31-25(30)23-21-13-6-8-32(9-7-13)27(21)38-28(23)33(26)16-4-3-5-17(34)22(16)20/h10-11,13,20,35H,3-9H2,1-2H3,(H2,30,31). The average molecular weight is 530 g/mol. The predicted octanol–water partition coefficient (Wildman–Crippen LogP) is 4.23. The fourth-order valence-electron chi connectivity index (χ4n) is 6.77. The third-order valence-corrected chi connectivity index (χ3v) is 9.72. The molecule has 1 saturated heterocycles. The van der Waals surface area contributed by atoms with Crippen LogP contribution in [0.2, 0.25) is 0 Å². The summed E-state index contributed by atoms with van der Waals surface area (Å²) >= 11 is 1.70. The monoisotopic (exact) mass is 529 g/mol. The van der Waals surface area contributed by atoms with E-state index in [1.54, 1.807) is 23.5 Å². The van der Waals surface area contributed by atoms with E-state index < -0.39 is 5.92 Å². The number of methoxy groups -OCH3 is 2. The second kappa shape index (κ2) is 8.27.